The third kappa shape index (κ3) is 12.4. The van der Waals surface area contributed by atoms with Gasteiger partial charge in [-0.2, -0.15) is 0 Å². The third-order valence-electron chi connectivity index (χ3n) is 23.4. The van der Waals surface area contributed by atoms with Crippen LogP contribution in [0.25, 0.3) is 157 Å². The van der Waals surface area contributed by atoms with Gasteiger partial charge in [0.05, 0.1) is 22.8 Å². The van der Waals surface area contributed by atoms with Crippen LogP contribution in [0.4, 0.5) is 0 Å². The smallest absolute Gasteiger partial charge is 0.160 e. The number of hydrogen-bond acceptors (Lipinski definition) is 4. The van der Waals surface area contributed by atoms with E-state index < -0.39 is 0 Å². The van der Waals surface area contributed by atoms with Gasteiger partial charge < -0.3 is 0 Å². The van der Waals surface area contributed by atoms with E-state index in [-0.39, 0.29) is 10.8 Å². The summed E-state index contributed by atoms with van der Waals surface area (Å²) >= 11 is 0. The summed E-state index contributed by atoms with van der Waals surface area (Å²) < 4.78 is 0. The van der Waals surface area contributed by atoms with E-state index in [9.17, 15) is 0 Å². The molecule has 0 N–H and O–H groups in total. The van der Waals surface area contributed by atoms with Gasteiger partial charge in [-0.25, -0.2) is 19.9 Å². The zero-order chi connectivity index (χ0) is 71.8. The van der Waals surface area contributed by atoms with Gasteiger partial charge in [-0.15, -0.1) is 0 Å². The molecule has 0 radical (unpaired) electrons. The van der Waals surface area contributed by atoms with Crippen LogP contribution in [-0.2, 0) is 10.8 Å². The lowest BCUT2D eigenvalue weighted by atomic mass is 9.68. The van der Waals surface area contributed by atoms with Gasteiger partial charge in [0.1, 0.15) is 0 Å². The maximum Gasteiger partial charge on any atom is 0.160 e. The van der Waals surface area contributed by atoms with Gasteiger partial charge in [0.25, 0.3) is 0 Å². The first-order valence-corrected chi connectivity index (χ1v) is 38.6. The van der Waals surface area contributed by atoms with Crippen molar-refractivity contribution in [3.63, 3.8) is 0 Å². The Labute approximate surface area is 634 Å². The molecule has 0 saturated heterocycles. The third-order valence-corrected chi connectivity index (χ3v) is 23.4. The first-order valence-electron chi connectivity index (χ1n) is 38.6. The summed E-state index contributed by atoms with van der Waals surface area (Å²) in [6.45, 7) is 0. The number of hydrogen-bond donors (Lipinski definition) is 0. The molecule has 14 aromatic carbocycles. The van der Waals surface area contributed by atoms with Crippen LogP contribution in [0.2, 0.25) is 0 Å². The molecule has 2 fully saturated rings. The number of benzene rings is 14. The predicted octanol–water partition coefficient (Wildman–Crippen LogP) is 27.4. The van der Waals surface area contributed by atoms with E-state index in [1.807, 2.05) is 12.1 Å². The summed E-state index contributed by atoms with van der Waals surface area (Å²) in [5.41, 5.74) is 36.6. The summed E-state index contributed by atoms with van der Waals surface area (Å²) in [7, 11) is 0. The molecule has 20 rings (SSSR count). The Kier molecular flexibility index (Phi) is 17.5. The molecule has 516 valence electrons. The topological polar surface area (TPSA) is 51.6 Å². The van der Waals surface area contributed by atoms with Gasteiger partial charge in [-0.05, 0) is 167 Å². The first-order chi connectivity index (χ1) is 53.5. The lowest BCUT2D eigenvalue weighted by molar-refractivity contribution is 0.353. The minimum atomic E-state index is 0.142. The van der Waals surface area contributed by atoms with Gasteiger partial charge in [-0.3, -0.25) is 0 Å². The summed E-state index contributed by atoms with van der Waals surface area (Å²) in [6.07, 6.45) is 12.8. The SMILES string of the molecule is c1ccc(-c2ccc(-c3cc(-c4ccccc4)nc(-c4cccc(-c5ccc(-c6cccc7c6-c6ccccc6C76CCCCC6)cc5)c4)n3)cc2)cc1.c1ccc(-c2ccc(-c3cc(-c4ccccc4)nc(-c4cccc(-c5cccc(-c6cccc7c6-c6ccccc6C76CCCCC6)c5)c4)n3)cc2)cc1. The van der Waals surface area contributed by atoms with Crippen molar-refractivity contribution in [2.24, 2.45) is 0 Å². The summed E-state index contributed by atoms with van der Waals surface area (Å²) in [6, 6.07) is 131. The van der Waals surface area contributed by atoms with Gasteiger partial charge in [0.2, 0.25) is 0 Å². The van der Waals surface area contributed by atoms with Gasteiger partial charge in [0, 0.05) is 44.2 Å². The molecule has 4 nitrogen and oxygen atoms in total. The van der Waals surface area contributed by atoms with E-state index in [0.717, 1.165) is 67.3 Å². The van der Waals surface area contributed by atoms with Crippen molar-refractivity contribution in [1.82, 2.24) is 19.9 Å². The van der Waals surface area contributed by atoms with Crippen molar-refractivity contribution >= 4 is 0 Å². The standard InChI is InChI=1S/2C52H40N2/c1-4-15-36(16-5-1)37-27-29-39(30-28-37)49-35-48(38-17-6-2-7-18-38)53-51(54-49)43-22-13-20-41(34-43)40-19-12-21-42(33-40)44-24-14-26-47-50(44)45-23-8-9-25-46(45)52(47)31-10-3-11-32-52;1-4-14-36(15-5-1)37-26-30-41(31-27-37)49-35-48(40-16-6-2-7-17-40)53-51(54-49)43-19-12-18-42(34-43)38-24-28-39(29-25-38)44-21-13-23-47-50(44)45-20-8-9-22-46(45)52(47)32-10-3-11-33-52/h1-2,4-9,12-30,33-35H,3,10-11,31-32H2;1-2,4-9,12-31,34-35H,3,10-11,32-33H2. The van der Waals surface area contributed by atoms with Gasteiger partial charge in [-0.1, -0.05) is 372 Å². The highest BCUT2D eigenvalue weighted by atomic mass is 14.9. The predicted molar refractivity (Wildman–Crippen MR) is 448 cm³/mol. The number of aromatic nitrogens is 4. The molecule has 4 aliphatic rings. The van der Waals surface area contributed by atoms with E-state index in [2.05, 4.69) is 352 Å². The zero-order valence-electron chi connectivity index (χ0n) is 60.5. The molecule has 0 aliphatic heterocycles. The Morgan fingerprint density at radius 3 is 0.824 bits per heavy atom. The second-order valence-electron chi connectivity index (χ2n) is 29.7. The Hall–Kier alpha value is -12.8. The Morgan fingerprint density at radius 1 is 0.167 bits per heavy atom. The zero-order valence-corrected chi connectivity index (χ0v) is 60.5. The molecule has 108 heavy (non-hydrogen) atoms. The minimum absolute atomic E-state index is 0.142. The van der Waals surface area contributed by atoms with Crippen LogP contribution >= 0.6 is 0 Å². The normalized spacial score (nSPS) is 14.1. The highest BCUT2D eigenvalue weighted by Crippen LogP contribution is 2.60. The van der Waals surface area contributed by atoms with Crippen LogP contribution in [0.1, 0.15) is 86.5 Å². The highest BCUT2D eigenvalue weighted by Gasteiger charge is 2.46. The van der Waals surface area contributed by atoms with Crippen molar-refractivity contribution in [3.05, 3.63) is 386 Å². The van der Waals surface area contributed by atoms with E-state index in [0.29, 0.717) is 11.6 Å². The largest absolute Gasteiger partial charge is 0.228 e. The molecule has 2 heterocycles. The number of fused-ring (bicyclic) bond motifs is 10. The Balaban J connectivity index is 0.000000147. The maximum atomic E-state index is 5.19. The molecule has 4 heteroatoms. The van der Waals surface area contributed by atoms with Gasteiger partial charge >= 0.3 is 0 Å². The second-order valence-corrected chi connectivity index (χ2v) is 29.7. The van der Waals surface area contributed by atoms with Crippen molar-refractivity contribution < 1.29 is 0 Å². The highest BCUT2D eigenvalue weighted by molar-refractivity contribution is 5.95. The lowest BCUT2D eigenvalue weighted by Crippen LogP contribution is -2.27. The maximum absolute atomic E-state index is 5.19. The van der Waals surface area contributed by atoms with Crippen LogP contribution < -0.4 is 0 Å². The fourth-order valence-corrected chi connectivity index (χ4v) is 18.2. The molecule has 16 aromatic rings. The minimum Gasteiger partial charge on any atom is -0.228 e. The fourth-order valence-electron chi connectivity index (χ4n) is 18.2. The first kappa shape index (κ1) is 66.0. The fraction of sp³-hybridized carbons (Fsp3) is 0.115. The molecule has 0 atom stereocenters. The quantitative estimate of drug-likeness (QED) is 0.122. The summed E-state index contributed by atoms with van der Waals surface area (Å²) in [4.78, 5) is 20.6. The molecule has 2 aromatic heterocycles. The van der Waals surface area contributed by atoms with E-state index in [1.165, 1.54) is 164 Å². The van der Waals surface area contributed by atoms with Crippen LogP contribution in [0, 0.1) is 0 Å². The van der Waals surface area contributed by atoms with Crippen LogP contribution in [0.15, 0.2) is 364 Å². The molecule has 0 bridgehead atoms. The second kappa shape index (κ2) is 28.6. The van der Waals surface area contributed by atoms with E-state index in [1.54, 1.807) is 0 Å². The van der Waals surface area contributed by atoms with Crippen LogP contribution in [-0.4, -0.2) is 19.9 Å². The van der Waals surface area contributed by atoms with Crippen molar-refractivity contribution in [2.75, 3.05) is 0 Å². The van der Waals surface area contributed by atoms with Crippen molar-refractivity contribution in [3.8, 4) is 157 Å². The Bertz CT molecular complexity index is 5960. The van der Waals surface area contributed by atoms with Crippen molar-refractivity contribution in [2.45, 2.75) is 75.0 Å². The molecular weight excluding hydrogens is 1310 g/mol. The van der Waals surface area contributed by atoms with Crippen molar-refractivity contribution in [1.29, 1.82) is 0 Å². The van der Waals surface area contributed by atoms with Crippen LogP contribution in [0.5, 0.6) is 0 Å². The number of rotatable bonds is 12. The summed E-state index contributed by atoms with van der Waals surface area (Å²) in [5.74, 6) is 1.43. The van der Waals surface area contributed by atoms with E-state index >= 15 is 0 Å². The molecule has 2 spiro atoms. The average Bonchev–Trinajstić information content (AvgIpc) is 1.56. The molecule has 4 aliphatic carbocycles. The molecule has 2 saturated carbocycles. The molecule has 0 unspecified atom stereocenters. The van der Waals surface area contributed by atoms with E-state index in [4.69, 9.17) is 19.9 Å². The molecule has 0 amide bonds. The average molecular weight is 1390 g/mol. The van der Waals surface area contributed by atoms with Crippen LogP contribution in [0.3, 0.4) is 0 Å². The summed E-state index contributed by atoms with van der Waals surface area (Å²) in [5, 5.41) is 0. The molecular formula is C104H80N4. The number of nitrogens with zero attached hydrogens (tertiary/aromatic N) is 4. The van der Waals surface area contributed by atoms with Gasteiger partial charge in [0.15, 0.2) is 11.6 Å². The Morgan fingerprint density at radius 2 is 0.417 bits per heavy atom. The monoisotopic (exact) mass is 1380 g/mol. The lowest BCUT2D eigenvalue weighted by Gasteiger charge is -2.36.